The van der Waals surface area contributed by atoms with Gasteiger partial charge in [-0.05, 0) is 31.0 Å². The van der Waals surface area contributed by atoms with Gasteiger partial charge in [0.2, 0.25) is 0 Å². The van der Waals surface area contributed by atoms with Crippen molar-refractivity contribution in [2.24, 2.45) is 5.41 Å². The Balaban J connectivity index is 1.71. The summed E-state index contributed by atoms with van der Waals surface area (Å²) in [6.07, 6.45) is 4.17. The molecule has 0 atom stereocenters. The van der Waals surface area contributed by atoms with Crippen molar-refractivity contribution in [3.8, 4) is 16.9 Å². The summed E-state index contributed by atoms with van der Waals surface area (Å²) in [4.78, 5) is 14.8. The van der Waals surface area contributed by atoms with Crippen LogP contribution in [0.5, 0.6) is 5.75 Å². The van der Waals surface area contributed by atoms with Crippen molar-refractivity contribution in [1.82, 2.24) is 10.3 Å². The van der Waals surface area contributed by atoms with E-state index in [0.29, 0.717) is 34.5 Å². The number of rotatable bonds is 6. The van der Waals surface area contributed by atoms with Crippen molar-refractivity contribution in [3.05, 3.63) is 46.7 Å². The van der Waals surface area contributed by atoms with Gasteiger partial charge >= 0.3 is 6.09 Å². The largest absolute Gasteiger partial charge is 0.491 e. The van der Waals surface area contributed by atoms with E-state index in [1.54, 1.807) is 30.6 Å². The zero-order chi connectivity index (χ0) is 17.2. The Bertz CT molecular complexity index is 743. The molecule has 1 aliphatic carbocycles. The van der Waals surface area contributed by atoms with Crippen LogP contribution in [0, 0.1) is 5.41 Å². The highest BCUT2D eigenvalue weighted by molar-refractivity contribution is 6.39. The summed E-state index contributed by atoms with van der Waals surface area (Å²) >= 11 is 12.5. The first-order valence-electron chi connectivity index (χ1n) is 7.48. The number of pyridine rings is 1. The molecule has 0 aliphatic heterocycles. The highest BCUT2D eigenvalue weighted by Crippen LogP contribution is 2.45. The second-order valence-electron chi connectivity index (χ2n) is 5.95. The molecule has 1 aromatic heterocycles. The third kappa shape index (κ3) is 3.91. The van der Waals surface area contributed by atoms with E-state index in [9.17, 15) is 4.79 Å². The van der Waals surface area contributed by atoms with Crippen LogP contribution in [0.3, 0.4) is 0 Å². The lowest BCUT2D eigenvalue weighted by Crippen LogP contribution is -2.31. The first-order valence-corrected chi connectivity index (χ1v) is 8.24. The Morgan fingerprint density at radius 2 is 2.00 bits per heavy atom. The van der Waals surface area contributed by atoms with Crippen LogP contribution in [0.4, 0.5) is 4.79 Å². The molecule has 1 aromatic carbocycles. The molecule has 0 radical (unpaired) electrons. The fourth-order valence-electron chi connectivity index (χ4n) is 2.46. The lowest BCUT2D eigenvalue weighted by Gasteiger charge is -2.16. The Labute approximate surface area is 149 Å². The zero-order valence-electron chi connectivity index (χ0n) is 12.8. The molecule has 3 rings (SSSR count). The van der Waals surface area contributed by atoms with Crippen molar-refractivity contribution in [2.75, 3.05) is 13.2 Å². The molecule has 1 fully saturated rings. The van der Waals surface area contributed by atoms with Crippen molar-refractivity contribution in [1.29, 1.82) is 0 Å². The lowest BCUT2D eigenvalue weighted by atomic mass is 10.1. The van der Waals surface area contributed by atoms with Gasteiger partial charge in [-0.3, -0.25) is 4.98 Å². The van der Waals surface area contributed by atoms with Gasteiger partial charge in [0.25, 0.3) is 0 Å². The minimum atomic E-state index is -1.02. The summed E-state index contributed by atoms with van der Waals surface area (Å²) in [6, 6.07) is 7.16. The smallest absolute Gasteiger partial charge is 0.404 e. The molecule has 24 heavy (non-hydrogen) atoms. The molecule has 2 N–H and O–H groups in total. The van der Waals surface area contributed by atoms with E-state index in [1.165, 1.54) is 0 Å². The van der Waals surface area contributed by atoms with Gasteiger partial charge in [0.15, 0.2) is 0 Å². The van der Waals surface area contributed by atoms with Gasteiger partial charge in [-0.15, -0.1) is 0 Å². The van der Waals surface area contributed by atoms with Crippen molar-refractivity contribution in [3.63, 3.8) is 0 Å². The summed E-state index contributed by atoms with van der Waals surface area (Å²) in [7, 11) is 0. The SMILES string of the molecule is O=C(O)NCC1(COc2cncc(-c3c(Cl)cccc3Cl)c2)CC1. The van der Waals surface area contributed by atoms with E-state index >= 15 is 0 Å². The standard InChI is InChI=1S/C17H16Cl2N2O3/c18-13-2-1-3-14(19)15(13)11-6-12(8-20-7-11)24-10-17(4-5-17)9-21-16(22)23/h1-3,6-8,21H,4-5,9-10H2,(H,22,23). The molecule has 1 aliphatic rings. The molecule has 126 valence electrons. The summed E-state index contributed by atoms with van der Waals surface area (Å²) in [5.41, 5.74) is 1.38. The summed E-state index contributed by atoms with van der Waals surface area (Å²) in [5, 5.41) is 12.2. The van der Waals surface area contributed by atoms with Gasteiger partial charge < -0.3 is 15.2 Å². The molecule has 0 unspecified atom stereocenters. The highest BCUT2D eigenvalue weighted by Gasteiger charge is 2.43. The number of nitrogens with zero attached hydrogens (tertiary/aromatic N) is 1. The molecule has 0 saturated heterocycles. The first-order chi connectivity index (χ1) is 11.5. The number of hydrogen-bond acceptors (Lipinski definition) is 3. The summed E-state index contributed by atoms with van der Waals surface area (Å²) in [6.45, 7) is 0.834. The number of benzene rings is 1. The molecule has 0 bridgehead atoms. The van der Waals surface area contributed by atoms with E-state index in [4.69, 9.17) is 33.0 Å². The number of carbonyl (C=O) groups is 1. The quantitative estimate of drug-likeness (QED) is 0.790. The predicted molar refractivity (Wildman–Crippen MR) is 92.9 cm³/mol. The average molecular weight is 367 g/mol. The van der Waals surface area contributed by atoms with Gasteiger partial charge in [0, 0.05) is 39.3 Å². The van der Waals surface area contributed by atoms with E-state index < -0.39 is 6.09 Å². The monoisotopic (exact) mass is 366 g/mol. The van der Waals surface area contributed by atoms with E-state index in [2.05, 4.69) is 10.3 Å². The van der Waals surface area contributed by atoms with Gasteiger partial charge in [-0.2, -0.15) is 0 Å². The van der Waals surface area contributed by atoms with Crippen LogP contribution in [0.25, 0.3) is 11.1 Å². The number of carboxylic acid groups (broad SMARTS) is 1. The normalized spacial score (nSPS) is 14.9. The van der Waals surface area contributed by atoms with Crippen LogP contribution >= 0.6 is 23.2 Å². The molecular weight excluding hydrogens is 351 g/mol. The molecule has 5 nitrogen and oxygen atoms in total. The van der Waals surface area contributed by atoms with Gasteiger partial charge in [-0.1, -0.05) is 29.3 Å². The fraction of sp³-hybridized carbons (Fsp3) is 0.294. The topological polar surface area (TPSA) is 71.5 Å². The highest BCUT2D eigenvalue weighted by atomic mass is 35.5. The molecule has 2 aromatic rings. The first kappa shape index (κ1) is 16.9. The van der Waals surface area contributed by atoms with Crippen LogP contribution in [-0.2, 0) is 0 Å². The zero-order valence-corrected chi connectivity index (χ0v) is 14.3. The number of ether oxygens (including phenoxy) is 1. The van der Waals surface area contributed by atoms with Crippen LogP contribution in [0.15, 0.2) is 36.7 Å². The number of nitrogens with one attached hydrogen (secondary N) is 1. The molecule has 1 heterocycles. The summed E-state index contributed by atoms with van der Waals surface area (Å²) < 4.78 is 5.83. The molecule has 1 saturated carbocycles. The Kier molecular flexibility index (Phi) is 4.83. The van der Waals surface area contributed by atoms with Gasteiger partial charge in [0.1, 0.15) is 5.75 Å². The Morgan fingerprint density at radius 3 is 2.62 bits per heavy atom. The average Bonchev–Trinajstić information content (AvgIpc) is 3.32. The number of aromatic nitrogens is 1. The molecule has 7 heteroatoms. The van der Waals surface area contributed by atoms with Crippen molar-refractivity contribution < 1.29 is 14.6 Å². The lowest BCUT2D eigenvalue weighted by molar-refractivity contribution is 0.184. The van der Waals surface area contributed by atoms with Crippen molar-refractivity contribution in [2.45, 2.75) is 12.8 Å². The van der Waals surface area contributed by atoms with Crippen molar-refractivity contribution >= 4 is 29.3 Å². The molecule has 1 amide bonds. The fourth-order valence-corrected chi connectivity index (χ4v) is 3.07. The minimum Gasteiger partial charge on any atom is -0.491 e. The van der Waals surface area contributed by atoms with Crippen LogP contribution in [0.2, 0.25) is 10.0 Å². The molecular formula is C17H16Cl2N2O3. The van der Waals surface area contributed by atoms with Crippen LogP contribution in [0.1, 0.15) is 12.8 Å². The molecule has 0 spiro atoms. The van der Waals surface area contributed by atoms with Gasteiger partial charge in [-0.25, -0.2) is 4.79 Å². The Hall–Kier alpha value is -1.98. The maximum atomic E-state index is 10.6. The second-order valence-corrected chi connectivity index (χ2v) is 6.77. The number of halogens is 2. The predicted octanol–water partition coefficient (Wildman–Crippen LogP) is 4.48. The third-order valence-electron chi connectivity index (χ3n) is 4.08. The third-order valence-corrected chi connectivity index (χ3v) is 4.71. The minimum absolute atomic E-state index is 0.115. The van der Waals surface area contributed by atoms with Gasteiger partial charge in [0.05, 0.1) is 12.8 Å². The second kappa shape index (κ2) is 6.87. The maximum absolute atomic E-state index is 10.6. The number of hydrogen-bond donors (Lipinski definition) is 2. The summed E-state index contributed by atoms with van der Waals surface area (Å²) in [5.74, 6) is 0.602. The van der Waals surface area contributed by atoms with E-state index in [1.807, 2.05) is 6.07 Å². The van der Waals surface area contributed by atoms with Crippen LogP contribution < -0.4 is 10.1 Å². The van der Waals surface area contributed by atoms with E-state index in [-0.39, 0.29) is 5.41 Å². The number of amides is 1. The maximum Gasteiger partial charge on any atom is 0.404 e. The van der Waals surface area contributed by atoms with E-state index in [0.717, 1.165) is 18.4 Å². The Morgan fingerprint density at radius 1 is 1.29 bits per heavy atom. The van der Waals surface area contributed by atoms with Crippen LogP contribution in [-0.4, -0.2) is 29.3 Å².